The van der Waals surface area contributed by atoms with Gasteiger partial charge in [0.2, 0.25) is 0 Å². The van der Waals surface area contributed by atoms with Crippen molar-refractivity contribution in [3.05, 3.63) is 69.9 Å². The highest BCUT2D eigenvalue weighted by Crippen LogP contribution is 2.36. The molecule has 2 aromatic heterocycles. The minimum absolute atomic E-state index is 0.443. The Bertz CT molecular complexity index is 1500. The Kier molecular flexibility index (Phi) is 7.05. The Balaban J connectivity index is 1.45. The number of imidazole rings is 1. The van der Waals surface area contributed by atoms with Gasteiger partial charge < -0.3 is 9.30 Å². The van der Waals surface area contributed by atoms with E-state index in [2.05, 4.69) is 60.6 Å². The second kappa shape index (κ2) is 10.1. The highest BCUT2D eigenvalue weighted by atomic mass is 32.2. The topological polar surface area (TPSA) is 64.4 Å². The first-order valence-electron chi connectivity index (χ1n) is 12.4. The van der Waals surface area contributed by atoms with E-state index >= 15 is 0 Å². The lowest BCUT2D eigenvalue weighted by Gasteiger charge is -2.25. The van der Waals surface area contributed by atoms with Gasteiger partial charge in [-0.2, -0.15) is 0 Å². The van der Waals surface area contributed by atoms with E-state index in [9.17, 15) is 8.42 Å². The van der Waals surface area contributed by atoms with Gasteiger partial charge in [0.15, 0.2) is 9.84 Å². The number of aryl methyl sites for hydroxylation is 3. The molecule has 0 aliphatic carbocycles. The van der Waals surface area contributed by atoms with Crippen molar-refractivity contribution in [1.29, 1.82) is 0 Å². The van der Waals surface area contributed by atoms with Crippen molar-refractivity contribution in [2.45, 2.75) is 44.5 Å². The Labute approximate surface area is 217 Å². The smallest absolute Gasteiger partial charge is 0.185 e. The molecule has 4 aromatic rings. The maximum absolute atomic E-state index is 12.6. The van der Waals surface area contributed by atoms with Gasteiger partial charge in [0.1, 0.15) is 10.0 Å². The minimum atomic E-state index is -3.33. The zero-order valence-electron chi connectivity index (χ0n) is 21.4. The molecule has 0 saturated carbocycles. The van der Waals surface area contributed by atoms with Crippen LogP contribution >= 0.6 is 11.3 Å². The van der Waals surface area contributed by atoms with E-state index in [4.69, 9.17) is 9.72 Å². The number of hydrogen-bond acceptors (Lipinski definition) is 6. The van der Waals surface area contributed by atoms with Gasteiger partial charge in [-0.05, 0) is 48.2 Å². The van der Waals surface area contributed by atoms with Gasteiger partial charge in [0.05, 0.1) is 24.2 Å². The summed E-state index contributed by atoms with van der Waals surface area (Å²) < 4.78 is 33.4. The highest BCUT2D eigenvalue weighted by molar-refractivity contribution is 7.93. The predicted octanol–water partition coefficient (Wildman–Crippen LogP) is 5.23. The SMILES string of the molecule is CCc1nc2c(C)cc(C)cc2n1Cc1ccc(-c2cc(CN3CCOCC3)sc2S(C)(=O)=O)cc1. The van der Waals surface area contributed by atoms with Crippen LogP contribution in [0.4, 0.5) is 0 Å². The summed E-state index contributed by atoms with van der Waals surface area (Å²) in [5, 5.41) is 0. The molecule has 0 unspecified atom stereocenters. The fraction of sp³-hybridized carbons (Fsp3) is 0.393. The molecule has 0 amide bonds. The first kappa shape index (κ1) is 25.1. The van der Waals surface area contributed by atoms with Crippen molar-refractivity contribution in [2.24, 2.45) is 0 Å². The molecule has 3 heterocycles. The van der Waals surface area contributed by atoms with Crippen LogP contribution in [-0.4, -0.2) is 55.4 Å². The summed E-state index contributed by atoms with van der Waals surface area (Å²) in [6.45, 7) is 11.1. The average molecular weight is 524 g/mol. The number of ether oxygens (including phenoxy) is 1. The molecule has 1 fully saturated rings. The number of hydrogen-bond donors (Lipinski definition) is 0. The number of fused-ring (bicyclic) bond motifs is 1. The monoisotopic (exact) mass is 523 g/mol. The Morgan fingerprint density at radius 1 is 1.03 bits per heavy atom. The molecule has 190 valence electrons. The molecule has 0 radical (unpaired) electrons. The average Bonchev–Trinajstić information content (AvgIpc) is 3.42. The summed E-state index contributed by atoms with van der Waals surface area (Å²) in [5.41, 5.74) is 7.56. The minimum Gasteiger partial charge on any atom is -0.379 e. The molecule has 0 atom stereocenters. The largest absolute Gasteiger partial charge is 0.379 e. The lowest BCUT2D eigenvalue weighted by molar-refractivity contribution is 0.0346. The summed E-state index contributed by atoms with van der Waals surface area (Å²) in [5.74, 6) is 1.08. The van der Waals surface area contributed by atoms with Gasteiger partial charge in [-0.1, -0.05) is 37.3 Å². The van der Waals surface area contributed by atoms with Gasteiger partial charge in [0, 0.05) is 49.3 Å². The standard InChI is InChI=1S/C28H33N3O3S2/c1-5-26-29-27-20(3)14-19(2)15-25(27)31(26)17-21-6-8-22(9-7-21)24-16-23(35-28(24)36(4,32)33)18-30-10-12-34-13-11-30/h6-9,14-16H,5,10-13,17-18H2,1-4H3. The molecular formula is C28H33N3O3S2. The van der Waals surface area contributed by atoms with E-state index in [1.165, 1.54) is 34.2 Å². The van der Waals surface area contributed by atoms with Crippen LogP contribution in [-0.2, 0) is 34.1 Å². The molecule has 1 aliphatic rings. The Morgan fingerprint density at radius 3 is 2.42 bits per heavy atom. The lowest BCUT2D eigenvalue weighted by atomic mass is 10.1. The first-order chi connectivity index (χ1) is 17.2. The predicted molar refractivity (Wildman–Crippen MR) is 147 cm³/mol. The molecule has 6 nitrogen and oxygen atoms in total. The normalized spacial score (nSPS) is 15.1. The number of nitrogens with zero attached hydrogens (tertiary/aromatic N) is 3. The zero-order chi connectivity index (χ0) is 25.4. The van der Waals surface area contributed by atoms with Crippen LogP contribution in [0.2, 0.25) is 0 Å². The molecule has 1 aliphatic heterocycles. The van der Waals surface area contributed by atoms with Crippen molar-refractivity contribution in [3.63, 3.8) is 0 Å². The third kappa shape index (κ3) is 5.13. The number of benzene rings is 2. The first-order valence-corrected chi connectivity index (χ1v) is 15.1. The number of aromatic nitrogens is 2. The number of morpholine rings is 1. The third-order valence-electron chi connectivity index (χ3n) is 6.76. The van der Waals surface area contributed by atoms with E-state index in [1.54, 1.807) is 0 Å². The number of rotatable bonds is 7. The number of sulfone groups is 1. The van der Waals surface area contributed by atoms with Crippen molar-refractivity contribution < 1.29 is 13.2 Å². The molecule has 5 rings (SSSR count). The second-order valence-electron chi connectivity index (χ2n) is 9.69. The van der Waals surface area contributed by atoms with E-state index < -0.39 is 9.84 Å². The van der Waals surface area contributed by atoms with E-state index in [0.717, 1.165) is 78.7 Å². The zero-order valence-corrected chi connectivity index (χ0v) is 23.0. The van der Waals surface area contributed by atoms with Crippen LogP contribution in [0.25, 0.3) is 22.2 Å². The molecule has 0 spiro atoms. The molecule has 0 N–H and O–H groups in total. The molecule has 8 heteroatoms. The van der Waals surface area contributed by atoms with Gasteiger partial charge in [0.25, 0.3) is 0 Å². The fourth-order valence-corrected chi connectivity index (χ4v) is 7.45. The number of thiophene rings is 1. The highest BCUT2D eigenvalue weighted by Gasteiger charge is 2.21. The molecule has 0 bridgehead atoms. The maximum Gasteiger partial charge on any atom is 0.185 e. The van der Waals surface area contributed by atoms with Crippen molar-refractivity contribution in [1.82, 2.24) is 14.5 Å². The van der Waals surface area contributed by atoms with Gasteiger partial charge in [-0.25, -0.2) is 13.4 Å². The summed E-state index contributed by atoms with van der Waals surface area (Å²) in [7, 11) is -3.33. The van der Waals surface area contributed by atoms with Crippen LogP contribution < -0.4 is 0 Å². The summed E-state index contributed by atoms with van der Waals surface area (Å²) >= 11 is 1.39. The molecular weight excluding hydrogens is 490 g/mol. The van der Waals surface area contributed by atoms with Crippen molar-refractivity contribution >= 4 is 32.2 Å². The van der Waals surface area contributed by atoms with E-state index in [-0.39, 0.29) is 0 Å². The van der Waals surface area contributed by atoms with Gasteiger partial charge in [-0.15, -0.1) is 11.3 Å². The van der Waals surface area contributed by atoms with E-state index in [1.807, 2.05) is 12.1 Å². The quantitative estimate of drug-likeness (QED) is 0.332. The Morgan fingerprint density at radius 2 is 1.75 bits per heavy atom. The van der Waals surface area contributed by atoms with Crippen LogP contribution in [0, 0.1) is 13.8 Å². The maximum atomic E-state index is 12.6. The van der Waals surface area contributed by atoms with Crippen LogP contribution in [0.5, 0.6) is 0 Å². The van der Waals surface area contributed by atoms with E-state index in [0.29, 0.717) is 4.21 Å². The fourth-order valence-electron chi connectivity index (χ4n) is 4.99. The lowest BCUT2D eigenvalue weighted by Crippen LogP contribution is -2.35. The van der Waals surface area contributed by atoms with Crippen molar-refractivity contribution in [2.75, 3.05) is 32.6 Å². The van der Waals surface area contributed by atoms with Gasteiger partial charge in [-0.3, -0.25) is 4.90 Å². The molecule has 36 heavy (non-hydrogen) atoms. The summed E-state index contributed by atoms with van der Waals surface area (Å²) in [6.07, 6.45) is 2.17. The third-order valence-corrected chi connectivity index (χ3v) is 9.72. The molecule has 2 aromatic carbocycles. The Hall–Kier alpha value is -2.52. The second-order valence-corrected chi connectivity index (χ2v) is 13.0. The summed E-state index contributed by atoms with van der Waals surface area (Å²) in [4.78, 5) is 8.30. The molecule has 1 saturated heterocycles. The van der Waals surface area contributed by atoms with Crippen LogP contribution in [0.1, 0.15) is 34.3 Å². The van der Waals surface area contributed by atoms with Gasteiger partial charge >= 0.3 is 0 Å². The summed E-state index contributed by atoms with van der Waals surface area (Å²) in [6, 6.07) is 14.8. The van der Waals surface area contributed by atoms with Crippen molar-refractivity contribution in [3.8, 4) is 11.1 Å². The van der Waals surface area contributed by atoms with Crippen LogP contribution in [0.3, 0.4) is 0 Å². The van der Waals surface area contributed by atoms with Crippen LogP contribution in [0.15, 0.2) is 46.7 Å².